The summed E-state index contributed by atoms with van der Waals surface area (Å²) in [5.74, 6) is 1.06. The van der Waals surface area contributed by atoms with Gasteiger partial charge >= 0.3 is 0 Å². The van der Waals surface area contributed by atoms with Crippen LogP contribution in [0, 0.1) is 0 Å². The summed E-state index contributed by atoms with van der Waals surface area (Å²) < 4.78 is 0. The van der Waals surface area contributed by atoms with Crippen molar-refractivity contribution in [2.75, 3.05) is 18.5 Å². The first-order valence-corrected chi connectivity index (χ1v) is 7.09. The molecule has 1 aromatic rings. The van der Waals surface area contributed by atoms with Gasteiger partial charge < -0.3 is 10.6 Å². The maximum Gasteiger partial charge on any atom is 0.128 e. The topological polar surface area (TPSA) is 42.1 Å². The number of nitrogens with two attached hydrogens (primary N) is 1. The maximum atomic E-state index is 5.95. The number of pyridine rings is 1. The summed E-state index contributed by atoms with van der Waals surface area (Å²) in [6.45, 7) is 5.42. The van der Waals surface area contributed by atoms with Gasteiger partial charge in [0.15, 0.2) is 0 Å². The van der Waals surface area contributed by atoms with E-state index in [2.05, 4.69) is 42.9 Å². The van der Waals surface area contributed by atoms with Gasteiger partial charge in [0.2, 0.25) is 0 Å². The molecule has 2 N–H and O–H groups in total. The van der Waals surface area contributed by atoms with Gasteiger partial charge in [-0.25, -0.2) is 4.98 Å². The average molecular weight is 249 g/mol. The van der Waals surface area contributed by atoms with E-state index in [0.717, 1.165) is 25.2 Å². The normalized spacial score (nSPS) is 12.4. The summed E-state index contributed by atoms with van der Waals surface area (Å²) in [4.78, 5) is 6.74. The summed E-state index contributed by atoms with van der Waals surface area (Å²) >= 11 is 0. The predicted molar refractivity (Wildman–Crippen MR) is 79.0 cm³/mol. The van der Waals surface area contributed by atoms with Crippen LogP contribution in [-0.2, 0) is 6.42 Å². The standard InChI is InChI=1S/C15H27N3/c1-4-6-7-10-18(3)15-9-8-13(12-17-15)11-14(16)5-2/h8-9,12,14H,4-7,10-11,16H2,1-3H3. The third kappa shape index (κ3) is 5.05. The van der Waals surface area contributed by atoms with Crippen LogP contribution in [-0.4, -0.2) is 24.6 Å². The fraction of sp³-hybridized carbons (Fsp3) is 0.667. The van der Waals surface area contributed by atoms with E-state index in [1.165, 1.54) is 24.8 Å². The van der Waals surface area contributed by atoms with Gasteiger partial charge in [0.1, 0.15) is 5.82 Å². The highest BCUT2D eigenvalue weighted by molar-refractivity contribution is 5.38. The number of rotatable bonds is 8. The maximum absolute atomic E-state index is 5.95. The third-order valence-corrected chi connectivity index (χ3v) is 3.32. The highest BCUT2D eigenvalue weighted by atomic mass is 15.2. The van der Waals surface area contributed by atoms with Crippen molar-refractivity contribution in [3.05, 3.63) is 23.9 Å². The Kier molecular flexibility index (Phi) is 6.73. The number of hydrogen-bond donors (Lipinski definition) is 1. The van der Waals surface area contributed by atoms with E-state index in [4.69, 9.17) is 5.73 Å². The first kappa shape index (κ1) is 15.0. The van der Waals surface area contributed by atoms with Crippen molar-refractivity contribution in [2.24, 2.45) is 5.73 Å². The number of anilines is 1. The van der Waals surface area contributed by atoms with Crippen LogP contribution >= 0.6 is 0 Å². The van der Waals surface area contributed by atoms with E-state index in [0.29, 0.717) is 0 Å². The lowest BCUT2D eigenvalue weighted by atomic mass is 10.1. The Morgan fingerprint density at radius 2 is 2.06 bits per heavy atom. The molecule has 0 bridgehead atoms. The van der Waals surface area contributed by atoms with Gasteiger partial charge in [0.05, 0.1) is 0 Å². The zero-order valence-electron chi connectivity index (χ0n) is 12.0. The number of hydrogen-bond acceptors (Lipinski definition) is 3. The molecule has 0 aliphatic heterocycles. The third-order valence-electron chi connectivity index (χ3n) is 3.32. The number of nitrogens with zero attached hydrogens (tertiary/aromatic N) is 2. The van der Waals surface area contributed by atoms with Gasteiger partial charge in [-0.15, -0.1) is 0 Å². The lowest BCUT2D eigenvalue weighted by molar-refractivity contribution is 0.644. The molecule has 0 aliphatic carbocycles. The van der Waals surface area contributed by atoms with Gasteiger partial charge in [-0.3, -0.25) is 0 Å². The summed E-state index contributed by atoms with van der Waals surface area (Å²) in [6, 6.07) is 4.50. The highest BCUT2D eigenvalue weighted by Crippen LogP contribution is 2.12. The Balaban J connectivity index is 2.48. The summed E-state index contributed by atoms with van der Waals surface area (Å²) in [5.41, 5.74) is 7.18. The molecule has 3 nitrogen and oxygen atoms in total. The van der Waals surface area contributed by atoms with Crippen LogP contribution < -0.4 is 10.6 Å². The molecule has 0 spiro atoms. The smallest absolute Gasteiger partial charge is 0.128 e. The Labute approximate surface area is 111 Å². The summed E-state index contributed by atoms with van der Waals surface area (Å²) in [6.07, 6.45) is 7.67. The van der Waals surface area contributed by atoms with Crippen molar-refractivity contribution in [1.29, 1.82) is 0 Å². The fourth-order valence-corrected chi connectivity index (χ4v) is 1.92. The molecule has 0 aromatic carbocycles. The minimum atomic E-state index is 0.250. The Bertz CT molecular complexity index is 321. The van der Waals surface area contributed by atoms with E-state index in [-0.39, 0.29) is 6.04 Å². The predicted octanol–water partition coefficient (Wildman–Crippen LogP) is 2.99. The van der Waals surface area contributed by atoms with Crippen LogP contribution in [0.2, 0.25) is 0 Å². The molecule has 1 rings (SSSR count). The average Bonchev–Trinajstić information content (AvgIpc) is 2.39. The minimum absolute atomic E-state index is 0.250. The number of aromatic nitrogens is 1. The lowest BCUT2D eigenvalue weighted by Gasteiger charge is -2.18. The van der Waals surface area contributed by atoms with Crippen LogP contribution in [0.5, 0.6) is 0 Å². The van der Waals surface area contributed by atoms with E-state index in [9.17, 15) is 0 Å². The van der Waals surface area contributed by atoms with Gasteiger partial charge in [0, 0.05) is 25.8 Å². The molecule has 1 aromatic heterocycles. The summed E-state index contributed by atoms with van der Waals surface area (Å²) in [7, 11) is 2.11. The molecule has 1 atom stereocenters. The fourth-order valence-electron chi connectivity index (χ4n) is 1.92. The second-order valence-corrected chi connectivity index (χ2v) is 5.03. The van der Waals surface area contributed by atoms with Crippen molar-refractivity contribution >= 4 is 5.82 Å². The quantitative estimate of drug-likeness (QED) is 0.720. The van der Waals surface area contributed by atoms with Gasteiger partial charge in [0.25, 0.3) is 0 Å². The Morgan fingerprint density at radius 1 is 1.28 bits per heavy atom. The minimum Gasteiger partial charge on any atom is -0.360 e. The molecule has 1 heterocycles. The van der Waals surface area contributed by atoms with E-state index < -0.39 is 0 Å². The van der Waals surface area contributed by atoms with Crippen molar-refractivity contribution in [2.45, 2.75) is 52.0 Å². The van der Waals surface area contributed by atoms with E-state index in [1.807, 2.05) is 6.20 Å². The van der Waals surface area contributed by atoms with E-state index in [1.54, 1.807) is 0 Å². The molecule has 0 fully saturated rings. The largest absolute Gasteiger partial charge is 0.360 e. The monoisotopic (exact) mass is 249 g/mol. The Morgan fingerprint density at radius 3 is 2.61 bits per heavy atom. The second kappa shape index (κ2) is 8.09. The highest BCUT2D eigenvalue weighted by Gasteiger charge is 2.04. The van der Waals surface area contributed by atoms with Crippen LogP contribution in [0.1, 0.15) is 45.1 Å². The van der Waals surface area contributed by atoms with Crippen LogP contribution in [0.25, 0.3) is 0 Å². The molecule has 0 saturated carbocycles. The first-order valence-electron chi connectivity index (χ1n) is 7.09. The molecule has 0 amide bonds. The van der Waals surface area contributed by atoms with E-state index >= 15 is 0 Å². The van der Waals surface area contributed by atoms with Crippen LogP contribution in [0.3, 0.4) is 0 Å². The number of unbranched alkanes of at least 4 members (excludes halogenated alkanes) is 2. The molecular weight excluding hydrogens is 222 g/mol. The molecule has 1 unspecified atom stereocenters. The lowest BCUT2D eigenvalue weighted by Crippen LogP contribution is -2.22. The molecule has 18 heavy (non-hydrogen) atoms. The van der Waals surface area contributed by atoms with Crippen LogP contribution in [0.4, 0.5) is 5.82 Å². The Hall–Kier alpha value is -1.09. The van der Waals surface area contributed by atoms with Crippen molar-refractivity contribution in [3.8, 4) is 0 Å². The molecule has 0 saturated heterocycles. The molecule has 0 radical (unpaired) electrons. The summed E-state index contributed by atoms with van der Waals surface area (Å²) in [5, 5.41) is 0. The molecule has 3 heteroatoms. The zero-order chi connectivity index (χ0) is 13.4. The van der Waals surface area contributed by atoms with Crippen molar-refractivity contribution < 1.29 is 0 Å². The second-order valence-electron chi connectivity index (χ2n) is 5.03. The van der Waals surface area contributed by atoms with Gasteiger partial charge in [-0.2, -0.15) is 0 Å². The first-order chi connectivity index (χ1) is 8.67. The zero-order valence-corrected chi connectivity index (χ0v) is 12.0. The van der Waals surface area contributed by atoms with Gasteiger partial charge in [-0.05, 0) is 30.9 Å². The molecule has 0 aliphatic rings. The SMILES string of the molecule is CCCCCN(C)c1ccc(CC(N)CC)cn1. The molecular formula is C15H27N3. The van der Waals surface area contributed by atoms with Crippen LogP contribution in [0.15, 0.2) is 18.3 Å². The molecule has 102 valence electrons. The van der Waals surface area contributed by atoms with Crippen molar-refractivity contribution in [3.63, 3.8) is 0 Å². The van der Waals surface area contributed by atoms with Crippen molar-refractivity contribution in [1.82, 2.24) is 4.98 Å². The van der Waals surface area contributed by atoms with Gasteiger partial charge in [-0.1, -0.05) is 32.8 Å².